The van der Waals surface area contributed by atoms with E-state index in [1.165, 1.54) is 5.01 Å². The number of nitroso groups, excluding NO2 is 1. The zero-order chi connectivity index (χ0) is 10.2. The van der Waals surface area contributed by atoms with Gasteiger partial charge < -0.3 is 5.32 Å². The van der Waals surface area contributed by atoms with Crippen LogP contribution in [0.25, 0.3) is 0 Å². The molecule has 14 heavy (non-hydrogen) atoms. The molecule has 0 bridgehead atoms. The molecular weight excluding hydrogens is 182 g/mol. The molecule has 0 atom stereocenters. The van der Waals surface area contributed by atoms with Gasteiger partial charge in [0.2, 0.25) is 6.41 Å². The van der Waals surface area contributed by atoms with E-state index >= 15 is 0 Å². The summed E-state index contributed by atoms with van der Waals surface area (Å²) in [6.45, 7) is 0.521. The molecular formula is C9H11N3O2. The van der Waals surface area contributed by atoms with Crippen molar-refractivity contribution in [2.45, 2.75) is 6.54 Å². The molecule has 0 spiro atoms. The number of rotatable bonds is 6. The second-order valence-corrected chi connectivity index (χ2v) is 2.71. The highest BCUT2D eigenvalue weighted by Gasteiger charge is 2.01. The van der Waals surface area contributed by atoms with Gasteiger partial charge in [0.25, 0.3) is 0 Å². The first-order valence-corrected chi connectivity index (χ1v) is 4.16. The van der Waals surface area contributed by atoms with Crippen molar-refractivity contribution >= 4 is 6.41 Å². The summed E-state index contributed by atoms with van der Waals surface area (Å²) < 4.78 is 0. The van der Waals surface area contributed by atoms with Gasteiger partial charge in [0.05, 0.1) is 11.8 Å². The highest BCUT2D eigenvalue weighted by atomic mass is 16.3. The van der Waals surface area contributed by atoms with E-state index in [2.05, 4.69) is 10.6 Å². The Morgan fingerprint density at radius 2 is 2.07 bits per heavy atom. The van der Waals surface area contributed by atoms with Gasteiger partial charge in [-0.25, -0.2) is 5.01 Å². The van der Waals surface area contributed by atoms with Crippen molar-refractivity contribution in [2.75, 3.05) is 6.67 Å². The number of benzene rings is 1. The summed E-state index contributed by atoms with van der Waals surface area (Å²) in [5.74, 6) is 0. The molecule has 0 aliphatic heterocycles. The Morgan fingerprint density at radius 1 is 1.36 bits per heavy atom. The van der Waals surface area contributed by atoms with E-state index in [1.54, 1.807) is 0 Å². The van der Waals surface area contributed by atoms with Crippen LogP contribution in [0.3, 0.4) is 0 Å². The van der Waals surface area contributed by atoms with Crippen LogP contribution in [0.1, 0.15) is 5.56 Å². The minimum atomic E-state index is 0.127. The lowest BCUT2D eigenvalue weighted by atomic mass is 10.2. The fourth-order valence-corrected chi connectivity index (χ4v) is 1.05. The second-order valence-electron chi connectivity index (χ2n) is 2.71. The van der Waals surface area contributed by atoms with Crippen LogP contribution in [0.2, 0.25) is 0 Å². The average Bonchev–Trinajstić information content (AvgIpc) is 2.25. The monoisotopic (exact) mass is 193 g/mol. The maximum atomic E-state index is 10.3. The third kappa shape index (κ3) is 3.22. The van der Waals surface area contributed by atoms with Crippen molar-refractivity contribution in [3.63, 3.8) is 0 Å². The largest absolute Gasteiger partial charge is 0.340 e. The molecule has 0 saturated carbocycles. The summed E-state index contributed by atoms with van der Waals surface area (Å²) in [7, 11) is 0. The number of carbonyl (C=O) groups excluding carboxylic acids is 1. The van der Waals surface area contributed by atoms with Crippen LogP contribution in [0.15, 0.2) is 35.6 Å². The molecule has 0 heterocycles. The Hall–Kier alpha value is -1.91. The van der Waals surface area contributed by atoms with Crippen LogP contribution in [0.5, 0.6) is 0 Å². The smallest absolute Gasteiger partial charge is 0.208 e. The topological polar surface area (TPSA) is 61.8 Å². The van der Waals surface area contributed by atoms with E-state index in [0.717, 1.165) is 5.56 Å². The summed E-state index contributed by atoms with van der Waals surface area (Å²) in [6.07, 6.45) is 0.531. The molecule has 0 saturated heterocycles. The molecule has 1 N–H and O–H groups in total. The molecule has 74 valence electrons. The van der Waals surface area contributed by atoms with Crippen molar-refractivity contribution < 1.29 is 4.79 Å². The lowest BCUT2D eigenvalue weighted by Gasteiger charge is -2.13. The summed E-state index contributed by atoms with van der Waals surface area (Å²) >= 11 is 0. The molecule has 0 unspecified atom stereocenters. The molecule has 1 amide bonds. The Labute approximate surface area is 81.7 Å². The van der Waals surface area contributed by atoms with E-state index < -0.39 is 0 Å². The lowest BCUT2D eigenvalue weighted by Crippen LogP contribution is -2.28. The van der Waals surface area contributed by atoms with Crippen LogP contribution in [0, 0.1) is 4.91 Å². The van der Waals surface area contributed by atoms with Gasteiger partial charge in [0.1, 0.15) is 6.67 Å². The van der Waals surface area contributed by atoms with Gasteiger partial charge in [-0.05, 0) is 5.56 Å². The van der Waals surface area contributed by atoms with Gasteiger partial charge in [-0.1, -0.05) is 30.3 Å². The molecule has 0 radical (unpaired) electrons. The molecule has 5 nitrogen and oxygen atoms in total. The molecule has 5 heteroatoms. The van der Waals surface area contributed by atoms with Gasteiger partial charge in [0, 0.05) is 0 Å². The zero-order valence-corrected chi connectivity index (χ0v) is 7.59. The van der Waals surface area contributed by atoms with Crippen LogP contribution in [-0.4, -0.2) is 18.1 Å². The first-order chi connectivity index (χ1) is 6.86. The first-order valence-electron chi connectivity index (χ1n) is 4.16. The number of hydrogen-bond acceptors (Lipinski definition) is 3. The van der Waals surface area contributed by atoms with E-state index in [0.29, 0.717) is 13.0 Å². The predicted octanol–water partition coefficient (Wildman–Crippen LogP) is 0.873. The third-order valence-electron chi connectivity index (χ3n) is 1.68. The first kappa shape index (κ1) is 10.2. The van der Waals surface area contributed by atoms with Crippen molar-refractivity contribution in [1.82, 2.24) is 10.3 Å². The Balaban J connectivity index is 2.48. The van der Waals surface area contributed by atoms with Crippen LogP contribution >= 0.6 is 0 Å². The minimum Gasteiger partial charge on any atom is -0.340 e. The molecule has 0 fully saturated rings. The van der Waals surface area contributed by atoms with Crippen LogP contribution in [-0.2, 0) is 11.3 Å². The Morgan fingerprint density at radius 3 is 2.64 bits per heavy atom. The maximum Gasteiger partial charge on any atom is 0.208 e. The van der Waals surface area contributed by atoms with Crippen molar-refractivity contribution in [2.24, 2.45) is 5.29 Å². The fraction of sp³-hybridized carbons (Fsp3) is 0.222. The molecule has 1 aromatic rings. The van der Waals surface area contributed by atoms with Gasteiger partial charge in [-0.15, -0.1) is 4.91 Å². The average molecular weight is 193 g/mol. The summed E-state index contributed by atoms with van der Waals surface area (Å²) in [6, 6.07) is 9.43. The number of nitrogens with one attached hydrogen (secondary N) is 1. The Kier molecular flexibility index (Phi) is 4.13. The van der Waals surface area contributed by atoms with E-state index in [1.807, 2.05) is 30.3 Å². The van der Waals surface area contributed by atoms with Crippen LogP contribution < -0.4 is 5.32 Å². The third-order valence-corrected chi connectivity index (χ3v) is 1.68. The van der Waals surface area contributed by atoms with Crippen LogP contribution in [0.4, 0.5) is 0 Å². The molecule has 0 aliphatic carbocycles. The summed E-state index contributed by atoms with van der Waals surface area (Å²) in [5.41, 5.74) is 0.972. The SMILES string of the molecule is O=CNCN(Cc1ccccc1)N=O. The lowest BCUT2D eigenvalue weighted by molar-refractivity contribution is -0.110. The van der Waals surface area contributed by atoms with Gasteiger partial charge in [-0.3, -0.25) is 4.79 Å². The Bertz CT molecular complexity index is 289. The quantitative estimate of drug-likeness (QED) is 0.315. The number of nitrogens with zero attached hydrogens (tertiary/aromatic N) is 2. The highest BCUT2D eigenvalue weighted by molar-refractivity contribution is 5.45. The van der Waals surface area contributed by atoms with Gasteiger partial charge in [-0.2, -0.15) is 0 Å². The number of amides is 1. The molecule has 0 aromatic heterocycles. The molecule has 0 aliphatic rings. The fourth-order valence-electron chi connectivity index (χ4n) is 1.05. The normalized spacial score (nSPS) is 9.14. The van der Waals surface area contributed by atoms with Crippen molar-refractivity contribution in [3.05, 3.63) is 40.8 Å². The second kappa shape index (κ2) is 5.69. The van der Waals surface area contributed by atoms with E-state index in [9.17, 15) is 9.70 Å². The van der Waals surface area contributed by atoms with Gasteiger partial charge >= 0.3 is 0 Å². The number of carbonyl (C=O) groups is 1. The maximum absolute atomic E-state index is 10.3. The van der Waals surface area contributed by atoms with Crippen molar-refractivity contribution in [3.8, 4) is 0 Å². The standard InChI is InChI=1S/C9H11N3O2/c13-8-10-7-12(11-14)6-9-4-2-1-3-5-9/h1-5,8H,6-7H2,(H,10,13). The predicted molar refractivity (Wildman–Crippen MR) is 51.8 cm³/mol. The molecule has 1 rings (SSSR count). The van der Waals surface area contributed by atoms with E-state index in [4.69, 9.17) is 0 Å². The highest BCUT2D eigenvalue weighted by Crippen LogP contribution is 2.03. The van der Waals surface area contributed by atoms with E-state index in [-0.39, 0.29) is 6.67 Å². The minimum absolute atomic E-state index is 0.127. The molecule has 1 aromatic carbocycles. The van der Waals surface area contributed by atoms with Gasteiger partial charge in [0.15, 0.2) is 0 Å². The number of hydrogen-bond donors (Lipinski definition) is 1. The zero-order valence-electron chi connectivity index (χ0n) is 7.59. The van der Waals surface area contributed by atoms with Crippen molar-refractivity contribution in [1.29, 1.82) is 0 Å². The summed E-state index contributed by atoms with van der Waals surface area (Å²) in [5, 5.41) is 6.38. The summed E-state index contributed by atoms with van der Waals surface area (Å²) in [4.78, 5) is 20.3.